The molecule has 0 bridgehead atoms. The lowest BCUT2D eigenvalue weighted by molar-refractivity contribution is 0.166. The molecule has 6 heteroatoms. The number of hydrogen-bond acceptors (Lipinski definition) is 4. The van der Waals surface area contributed by atoms with Crippen molar-refractivity contribution in [2.75, 3.05) is 32.7 Å². The van der Waals surface area contributed by atoms with Crippen LogP contribution in [0.4, 0.5) is 0 Å². The minimum Gasteiger partial charge on any atom is -0.444 e. The number of nitrogens with one attached hydrogen (secondary N) is 2. The van der Waals surface area contributed by atoms with Gasteiger partial charge in [-0.1, -0.05) is 19.8 Å². The summed E-state index contributed by atoms with van der Waals surface area (Å²) in [6, 6.07) is 0. The second kappa shape index (κ2) is 11.2. The molecule has 1 saturated heterocycles. The predicted molar refractivity (Wildman–Crippen MR) is 107 cm³/mol. The summed E-state index contributed by atoms with van der Waals surface area (Å²) < 4.78 is 5.71. The van der Waals surface area contributed by atoms with E-state index < -0.39 is 0 Å². The Morgan fingerprint density at radius 2 is 1.96 bits per heavy atom. The fourth-order valence-electron chi connectivity index (χ4n) is 3.27. The second-order valence-electron chi connectivity index (χ2n) is 7.32. The summed E-state index contributed by atoms with van der Waals surface area (Å²) in [6.07, 6.45) is 6.11. The van der Waals surface area contributed by atoms with E-state index in [1.807, 2.05) is 13.8 Å². The van der Waals surface area contributed by atoms with Crippen molar-refractivity contribution >= 4 is 5.96 Å². The van der Waals surface area contributed by atoms with Gasteiger partial charge in [0.25, 0.3) is 0 Å². The molecule has 0 aromatic carbocycles. The van der Waals surface area contributed by atoms with Gasteiger partial charge in [-0.3, -0.25) is 9.89 Å². The average Bonchev–Trinajstić information content (AvgIpc) is 2.95. The van der Waals surface area contributed by atoms with Crippen LogP contribution in [-0.4, -0.2) is 48.6 Å². The molecule has 1 aromatic rings. The van der Waals surface area contributed by atoms with E-state index in [9.17, 15) is 0 Å². The first-order valence-electron chi connectivity index (χ1n) is 10.3. The van der Waals surface area contributed by atoms with Crippen molar-refractivity contribution in [2.24, 2.45) is 10.9 Å². The van der Waals surface area contributed by atoms with Gasteiger partial charge in [-0.05, 0) is 59.0 Å². The highest BCUT2D eigenvalue weighted by Gasteiger charge is 2.20. The lowest BCUT2D eigenvalue weighted by Crippen LogP contribution is -2.39. The molecule has 2 rings (SSSR count). The van der Waals surface area contributed by atoms with E-state index in [1.54, 1.807) is 0 Å². The lowest BCUT2D eigenvalue weighted by atomic mass is 9.97. The molecule has 1 aliphatic rings. The van der Waals surface area contributed by atoms with E-state index in [4.69, 9.17) is 9.41 Å². The Kier molecular flexibility index (Phi) is 8.95. The molecule has 26 heavy (non-hydrogen) atoms. The summed E-state index contributed by atoms with van der Waals surface area (Å²) in [5.41, 5.74) is 1.01. The Bertz CT molecular complexity index is 527. The summed E-state index contributed by atoms with van der Waals surface area (Å²) in [7, 11) is 0. The molecule has 1 fully saturated rings. The minimum atomic E-state index is 0.672. The molecule has 6 nitrogen and oxygen atoms in total. The van der Waals surface area contributed by atoms with Gasteiger partial charge in [-0.25, -0.2) is 4.98 Å². The molecule has 0 radical (unpaired) electrons. The molecular formula is C20H37N5O. The first-order valence-corrected chi connectivity index (χ1v) is 10.3. The highest BCUT2D eigenvalue weighted by molar-refractivity contribution is 5.79. The number of rotatable bonds is 9. The van der Waals surface area contributed by atoms with E-state index in [2.05, 4.69) is 34.4 Å². The first kappa shape index (κ1) is 20.7. The largest absolute Gasteiger partial charge is 0.444 e. The van der Waals surface area contributed by atoms with Gasteiger partial charge in [0.1, 0.15) is 5.76 Å². The molecule has 2 N–H and O–H groups in total. The number of hydrogen-bond donors (Lipinski definition) is 2. The van der Waals surface area contributed by atoms with Crippen molar-refractivity contribution in [1.29, 1.82) is 0 Å². The molecule has 0 saturated carbocycles. The van der Waals surface area contributed by atoms with E-state index in [-0.39, 0.29) is 0 Å². The van der Waals surface area contributed by atoms with Crippen LogP contribution < -0.4 is 10.6 Å². The van der Waals surface area contributed by atoms with Crippen LogP contribution in [0.25, 0.3) is 0 Å². The normalized spacial score (nSPS) is 16.8. The van der Waals surface area contributed by atoms with Crippen LogP contribution in [0.1, 0.15) is 63.3 Å². The monoisotopic (exact) mass is 363 g/mol. The number of oxazole rings is 1. The summed E-state index contributed by atoms with van der Waals surface area (Å²) in [5, 5.41) is 6.81. The molecule has 2 heterocycles. The van der Waals surface area contributed by atoms with Gasteiger partial charge in [0.15, 0.2) is 5.96 Å². The fourth-order valence-corrected chi connectivity index (χ4v) is 3.27. The average molecular weight is 364 g/mol. The van der Waals surface area contributed by atoms with Gasteiger partial charge in [0, 0.05) is 19.6 Å². The van der Waals surface area contributed by atoms with Gasteiger partial charge >= 0.3 is 0 Å². The summed E-state index contributed by atoms with van der Waals surface area (Å²) >= 11 is 0. The van der Waals surface area contributed by atoms with Crippen LogP contribution in [0.5, 0.6) is 0 Å². The molecule has 1 aromatic heterocycles. The minimum absolute atomic E-state index is 0.672. The van der Waals surface area contributed by atoms with Gasteiger partial charge < -0.3 is 15.1 Å². The van der Waals surface area contributed by atoms with E-state index in [1.165, 1.54) is 32.1 Å². The van der Waals surface area contributed by atoms with Crippen molar-refractivity contribution in [1.82, 2.24) is 20.5 Å². The van der Waals surface area contributed by atoms with E-state index in [0.717, 1.165) is 62.6 Å². The van der Waals surface area contributed by atoms with Crippen molar-refractivity contribution in [2.45, 2.75) is 66.3 Å². The maximum Gasteiger partial charge on any atom is 0.208 e. The van der Waals surface area contributed by atoms with Gasteiger partial charge in [0.05, 0.1) is 12.2 Å². The van der Waals surface area contributed by atoms with Crippen molar-refractivity contribution < 1.29 is 4.42 Å². The third kappa shape index (κ3) is 6.98. The Labute approximate surface area is 158 Å². The first-order chi connectivity index (χ1) is 12.6. The number of aryl methyl sites for hydroxylation is 2. The van der Waals surface area contributed by atoms with Crippen LogP contribution >= 0.6 is 0 Å². The third-order valence-electron chi connectivity index (χ3n) is 5.06. The quantitative estimate of drug-likeness (QED) is 0.400. The van der Waals surface area contributed by atoms with Gasteiger partial charge in [-0.2, -0.15) is 0 Å². The number of nitrogens with zero attached hydrogens (tertiary/aromatic N) is 3. The van der Waals surface area contributed by atoms with Gasteiger partial charge in [-0.15, -0.1) is 0 Å². The standard InChI is InChI=1S/C20H37N5O/c1-5-7-8-11-22-20(21-6-2)23-14-18-9-12-25(13-10-18)15-19-24-16(3)17(4)26-19/h18H,5-15H2,1-4H3,(H2,21,22,23). The van der Waals surface area contributed by atoms with E-state index >= 15 is 0 Å². The summed E-state index contributed by atoms with van der Waals surface area (Å²) in [5.74, 6) is 3.43. The Morgan fingerprint density at radius 1 is 1.19 bits per heavy atom. The van der Waals surface area contributed by atoms with Crippen molar-refractivity contribution in [3.05, 3.63) is 17.3 Å². The molecule has 1 aliphatic heterocycles. The van der Waals surface area contributed by atoms with Crippen molar-refractivity contribution in [3.8, 4) is 0 Å². The molecule has 0 atom stereocenters. The molecule has 0 aliphatic carbocycles. The molecule has 148 valence electrons. The molecular weight excluding hydrogens is 326 g/mol. The zero-order valence-corrected chi connectivity index (χ0v) is 17.1. The van der Waals surface area contributed by atoms with Crippen LogP contribution in [0, 0.1) is 19.8 Å². The van der Waals surface area contributed by atoms with Crippen LogP contribution in [-0.2, 0) is 6.54 Å². The maximum absolute atomic E-state index is 5.71. The number of likely N-dealkylation sites (tertiary alicyclic amines) is 1. The topological polar surface area (TPSA) is 65.7 Å². The fraction of sp³-hybridized carbons (Fsp3) is 0.800. The maximum atomic E-state index is 5.71. The molecule has 0 amide bonds. The van der Waals surface area contributed by atoms with E-state index in [0.29, 0.717) is 5.92 Å². The zero-order chi connectivity index (χ0) is 18.8. The SMILES string of the molecule is CCCCCNC(=NCC1CCN(Cc2nc(C)c(C)o2)CC1)NCC. The Balaban J connectivity index is 1.72. The molecule has 0 spiro atoms. The van der Waals surface area contributed by atoms with Crippen molar-refractivity contribution in [3.63, 3.8) is 0 Å². The van der Waals surface area contributed by atoms with Crippen LogP contribution in [0.15, 0.2) is 9.41 Å². The molecule has 0 unspecified atom stereocenters. The Hall–Kier alpha value is -1.56. The highest BCUT2D eigenvalue weighted by atomic mass is 16.4. The number of aliphatic imine (C=N–C) groups is 1. The lowest BCUT2D eigenvalue weighted by Gasteiger charge is -2.30. The Morgan fingerprint density at radius 3 is 2.58 bits per heavy atom. The second-order valence-corrected chi connectivity index (χ2v) is 7.32. The van der Waals surface area contributed by atoms with Crippen LogP contribution in [0.3, 0.4) is 0 Å². The number of aromatic nitrogens is 1. The van der Waals surface area contributed by atoms with Gasteiger partial charge in [0.2, 0.25) is 5.89 Å². The summed E-state index contributed by atoms with van der Waals surface area (Å²) in [6.45, 7) is 14.2. The number of unbranched alkanes of at least 4 members (excludes halogenated alkanes) is 2. The zero-order valence-electron chi connectivity index (χ0n) is 17.1. The highest BCUT2D eigenvalue weighted by Crippen LogP contribution is 2.20. The smallest absolute Gasteiger partial charge is 0.208 e. The number of piperidine rings is 1. The third-order valence-corrected chi connectivity index (χ3v) is 5.06. The van der Waals surface area contributed by atoms with Crippen LogP contribution in [0.2, 0.25) is 0 Å². The number of guanidine groups is 1. The predicted octanol–water partition coefficient (Wildman–Crippen LogP) is 3.25. The summed E-state index contributed by atoms with van der Waals surface area (Å²) in [4.78, 5) is 11.7.